The van der Waals surface area contributed by atoms with Crippen LogP contribution in [-0.4, -0.2) is 19.7 Å². The zero-order valence-corrected chi connectivity index (χ0v) is 10.4. The van der Waals surface area contributed by atoms with E-state index in [4.69, 9.17) is 4.74 Å². The van der Waals surface area contributed by atoms with Crippen LogP contribution in [0.3, 0.4) is 0 Å². The topological polar surface area (TPSA) is 22.1 Å². The van der Waals surface area contributed by atoms with Crippen molar-refractivity contribution < 1.29 is 13.5 Å². The van der Waals surface area contributed by atoms with Crippen LogP contribution in [0, 0.1) is 11.8 Å². The lowest BCUT2D eigenvalue weighted by Gasteiger charge is -2.18. The van der Waals surface area contributed by atoms with Crippen molar-refractivity contribution in [2.45, 2.75) is 26.6 Å². The Labute approximate surface area is 89.3 Å². The molecule has 2 nitrogen and oxygen atoms in total. The van der Waals surface area contributed by atoms with E-state index in [0.717, 1.165) is 6.07 Å². The van der Waals surface area contributed by atoms with Crippen LogP contribution in [0.2, 0.25) is 19.6 Å². The molecule has 0 aliphatic rings. The summed E-state index contributed by atoms with van der Waals surface area (Å²) in [5.41, 5.74) is 0. The fourth-order valence-corrected chi connectivity index (χ4v) is 2.82. The van der Waals surface area contributed by atoms with E-state index in [1.807, 2.05) is 19.6 Å². The molecule has 0 aliphatic carbocycles. The third-order valence-corrected chi connectivity index (χ3v) is 3.89. The molecule has 15 heavy (non-hydrogen) atoms. The van der Waals surface area contributed by atoms with Crippen molar-refractivity contribution in [2.24, 2.45) is 0 Å². The molecule has 1 aromatic heterocycles. The fraction of sp³-hybridized carbons (Fsp3) is 0.500. The van der Waals surface area contributed by atoms with Crippen LogP contribution in [0.4, 0.5) is 8.78 Å². The molecule has 0 saturated carbocycles. The number of ether oxygens (including phenoxy) is 1. The summed E-state index contributed by atoms with van der Waals surface area (Å²) in [4.78, 5) is 3.60. The smallest absolute Gasteiger partial charge is 0.218 e. The Morgan fingerprint density at radius 2 is 1.93 bits per heavy atom. The summed E-state index contributed by atoms with van der Waals surface area (Å²) in [5, 5.41) is 0.131. The predicted molar refractivity (Wildman–Crippen MR) is 58.3 cm³/mol. The molecular formula is C10H15F2NOSi. The van der Waals surface area contributed by atoms with Crippen molar-refractivity contribution in [1.29, 1.82) is 0 Å². The summed E-state index contributed by atoms with van der Waals surface area (Å²) in [7, 11) is -2.04. The van der Waals surface area contributed by atoms with E-state index >= 15 is 0 Å². The van der Waals surface area contributed by atoms with E-state index in [2.05, 4.69) is 4.98 Å². The van der Waals surface area contributed by atoms with Crippen molar-refractivity contribution in [2.75, 3.05) is 6.61 Å². The van der Waals surface area contributed by atoms with Crippen molar-refractivity contribution in [3.05, 3.63) is 17.8 Å². The first-order chi connectivity index (χ1) is 6.86. The highest BCUT2D eigenvalue weighted by Gasteiger charge is 2.26. The maximum Gasteiger partial charge on any atom is 0.218 e. The summed E-state index contributed by atoms with van der Waals surface area (Å²) in [5.74, 6) is -1.28. The van der Waals surface area contributed by atoms with Gasteiger partial charge in [0.05, 0.1) is 14.7 Å². The molecule has 0 aliphatic heterocycles. The molecule has 0 amide bonds. The number of pyridine rings is 1. The largest absolute Gasteiger partial charge is 0.478 e. The minimum atomic E-state index is -2.04. The van der Waals surface area contributed by atoms with E-state index < -0.39 is 19.8 Å². The monoisotopic (exact) mass is 231 g/mol. The maximum atomic E-state index is 13.6. The van der Waals surface area contributed by atoms with E-state index in [1.54, 1.807) is 6.92 Å². The lowest BCUT2D eigenvalue weighted by molar-refractivity contribution is 0.319. The Hall–Kier alpha value is -0.973. The predicted octanol–water partition coefficient (Wildman–Crippen LogP) is 2.30. The minimum Gasteiger partial charge on any atom is -0.478 e. The molecule has 0 atom stereocenters. The van der Waals surface area contributed by atoms with Crippen molar-refractivity contribution in [3.63, 3.8) is 0 Å². The Morgan fingerprint density at radius 3 is 2.33 bits per heavy atom. The second kappa shape index (κ2) is 4.26. The van der Waals surface area contributed by atoms with Gasteiger partial charge in [0.25, 0.3) is 0 Å². The third kappa shape index (κ3) is 2.74. The summed E-state index contributed by atoms with van der Waals surface area (Å²) in [6, 6.07) is 1.15. The molecule has 1 rings (SSSR count). The van der Waals surface area contributed by atoms with Crippen LogP contribution in [0.25, 0.3) is 0 Å². The number of rotatable bonds is 3. The van der Waals surface area contributed by atoms with Gasteiger partial charge in [0.2, 0.25) is 11.8 Å². The molecule has 0 saturated heterocycles. The number of nitrogens with zero attached hydrogens (tertiary/aromatic N) is 1. The van der Waals surface area contributed by atoms with Gasteiger partial charge in [0, 0.05) is 11.3 Å². The van der Waals surface area contributed by atoms with Crippen LogP contribution in [0.1, 0.15) is 6.92 Å². The summed E-state index contributed by atoms with van der Waals surface area (Å²) in [6.45, 7) is 7.70. The average Bonchev–Trinajstić information content (AvgIpc) is 1.99. The first-order valence-corrected chi connectivity index (χ1v) is 8.35. The second-order valence-electron chi connectivity index (χ2n) is 4.29. The lowest BCUT2D eigenvalue weighted by atomic mass is 10.4. The van der Waals surface area contributed by atoms with Gasteiger partial charge in [0.15, 0.2) is 0 Å². The second-order valence-corrected chi connectivity index (χ2v) is 9.29. The van der Waals surface area contributed by atoms with Gasteiger partial charge >= 0.3 is 0 Å². The quantitative estimate of drug-likeness (QED) is 0.588. The van der Waals surface area contributed by atoms with Gasteiger partial charge in [-0.1, -0.05) is 19.6 Å². The van der Waals surface area contributed by atoms with Gasteiger partial charge in [-0.25, -0.2) is 4.39 Å². The molecular weight excluding hydrogens is 216 g/mol. The van der Waals surface area contributed by atoms with E-state index in [1.165, 1.54) is 0 Å². The van der Waals surface area contributed by atoms with Gasteiger partial charge in [-0.15, -0.1) is 0 Å². The van der Waals surface area contributed by atoms with Crippen LogP contribution in [0.15, 0.2) is 6.07 Å². The molecule has 0 aromatic carbocycles. The highest BCUT2D eigenvalue weighted by atomic mass is 28.3. The number of hydrogen-bond acceptors (Lipinski definition) is 2. The number of hydrogen-bond donors (Lipinski definition) is 0. The van der Waals surface area contributed by atoms with Gasteiger partial charge in [-0.3, -0.25) is 0 Å². The summed E-state index contributed by atoms with van der Waals surface area (Å²) in [6.07, 6.45) is 0. The van der Waals surface area contributed by atoms with Crippen LogP contribution in [-0.2, 0) is 0 Å². The number of aromatic nitrogens is 1. The Kier molecular flexibility index (Phi) is 3.44. The Morgan fingerprint density at radius 1 is 1.33 bits per heavy atom. The standard InChI is InChI=1S/C10H15F2NOSi/c1-5-14-8-6-7(11)9(10(12)13-8)15(2,3)4/h6H,5H2,1-4H3. The van der Waals surface area contributed by atoms with Gasteiger partial charge in [0.1, 0.15) is 5.82 Å². The fourth-order valence-electron chi connectivity index (χ4n) is 1.35. The van der Waals surface area contributed by atoms with Gasteiger partial charge in [-0.05, 0) is 6.92 Å². The van der Waals surface area contributed by atoms with Crippen molar-refractivity contribution >= 4 is 13.3 Å². The van der Waals surface area contributed by atoms with Crippen molar-refractivity contribution in [3.8, 4) is 5.88 Å². The summed E-state index contributed by atoms with van der Waals surface area (Å²) < 4.78 is 32.1. The van der Waals surface area contributed by atoms with E-state index in [9.17, 15) is 8.78 Å². The zero-order valence-electron chi connectivity index (χ0n) is 9.40. The first kappa shape index (κ1) is 12.1. The van der Waals surface area contributed by atoms with Gasteiger partial charge < -0.3 is 4.74 Å². The van der Waals surface area contributed by atoms with Crippen LogP contribution in [0.5, 0.6) is 5.88 Å². The molecule has 1 heterocycles. The molecule has 84 valence electrons. The van der Waals surface area contributed by atoms with E-state index in [-0.39, 0.29) is 11.1 Å². The minimum absolute atomic E-state index is 0.00880. The third-order valence-electron chi connectivity index (χ3n) is 1.95. The van der Waals surface area contributed by atoms with Crippen LogP contribution >= 0.6 is 0 Å². The molecule has 1 aromatic rings. The van der Waals surface area contributed by atoms with Crippen LogP contribution < -0.4 is 9.92 Å². The molecule has 0 N–H and O–H groups in total. The maximum absolute atomic E-state index is 13.6. The highest BCUT2D eigenvalue weighted by molar-refractivity contribution is 6.88. The zero-order chi connectivity index (χ0) is 11.6. The van der Waals surface area contributed by atoms with E-state index in [0.29, 0.717) is 6.61 Å². The molecule has 0 radical (unpaired) electrons. The summed E-state index contributed by atoms with van der Waals surface area (Å²) >= 11 is 0. The highest BCUT2D eigenvalue weighted by Crippen LogP contribution is 2.14. The number of halogens is 2. The SMILES string of the molecule is CCOc1cc(F)c([Si](C)(C)C)c(F)n1. The molecule has 0 unspecified atom stereocenters. The molecule has 0 fully saturated rings. The van der Waals surface area contributed by atoms with Gasteiger partial charge in [-0.2, -0.15) is 9.37 Å². The molecule has 0 spiro atoms. The normalized spacial score (nSPS) is 11.6. The van der Waals surface area contributed by atoms with Crippen molar-refractivity contribution in [1.82, 2.24) is 4.98 Å². The lowest BCUT2D eigenvalue weighted by Crippen LogP contribution is -2.43. The first-order valence-electron chi connectivity index (χ1n) is 4.85. The Bertz CT molecular complexity index is 340. The molecule has 5 heteroatoms. The molecule has 0 bridgehead atoms. The average molecular weight is 231 g/mol. The Balaban J connectivity index is 3.22.